The highest BCUT2D eigenvalue weighted by Crippen LogP contribution is 2.13. The maximum absolute atomic E-state index is 12.4. The van der Waals surface area contributed by atoms with Crippen molar-refractivity contribution in [1.29, 1.82) is 0 Å². The maximum atomic E-state index is 12.4. The van der Waals surface area contributed by atoms with Gasteiger partial charge in [-0.05, 0) is 30.7 Å². The summed E-state index contributed by atoms with van der Waals surface area (Å²) in [6.45, 7) is 1.86. The summed E-state index contributed by atoms with van der Waals surface area (Å²) in [7, 11) is -2.67. The third-order valence-electron chi connectivity index (χ3n) is 3.09. The Labute approximate surface area is 135 Å². The molecule has 0 atom stereocenters. The second-order valence-electron chi connectivity index (χ2n) is 4.88. The van der Waals surface area contributed by atoms with Crippen LogP contribution in [0.25, 0.3) is 6.08 Å². The van der Waals surface area contributed by atoms with Crippen LogP contribution in [0, 0.1) is 6.92 Å². The fourth-order valence-electron chi connectivity index (χ4n) is 1.88. The smallest absolute Gasteiger partial charge is 0.355 e. The lowest BCUT2D eigenvalue weighted by molar-refractivity contribution is -0.136. The summed E-state index contributed by atoms with van der Waals surface area (Å²) in [5, 5.41) is 0. The molecule has 0 unspecified atom stereocenters. The number of carbonyl (C=O) groups is 1. The van der Waals surface area contributed by atoms with E-state index in [1.807, 2.05) is 13.0 Å². The lowest BCUT2D eigenvalue weighted by atomic mass is 10.2. The molecule has 0 amide bonds. The van der Waals surface area contributed by atoms with Gasteiger partial charge in [0.2, 0.25) is 0 Å². The molecule has 2 aromatic carbocycles. The van der Waals surface area contributed by atoms with Crippen molar-refractivity contribution < 1.29 is 17.9 Å². The van der Waals surface area contributed by atoms with Gasteiger partial charge in [0.15, 0.2) is 0 Å². The maximum Gasteiger partial charge on any atom is 0.355 e. The van der Waals surface area contributed by atoms with Gasteiger partial charge in [-0.3, -0.25) is 4.72 Å². The second-order valence-corrected chi connectivity index (χ2v) is 6.56. The standard InChI is InChI=1S/C17H17NO4S/c1-13-8-10-15(11-9-13)23(20,21)18-16(17(19)22-2)12-14-6-4-3-5-7-14/h3-12,18H,1-2H3. The molecular weight excluding hydrogens is 314 g/mol. The summed E-state index contributed by atoms with van der Waals surface area (Å²) >= 11 is 0. The van der Waals surface area contributed by atoms with E-state index in [0.29, 0.717) is 5.56 Å². The fourth-order valence-corrected chi connectivity index (χ4v) is 2.92. The van der Waals surface area contributed by atoms with Crippen LogP contribution in [-0.2, 0) is 19.6 Å². The van der Waals surface area contributed by atoms with Gasteiger partial charge in [0.1, 0.15) is 5.70 Å². The van der Waals surface area contributed by atoms with Crippen LogP contribution in [0.4, 0.5) is 0 Å². The Morgan fingerprint density at radius 1 is 1.04 bits per heavy atom. The molecular formula is C17H17NO4S. The van der Waals surface area contributed by atoms with Crippen molar-refractivity contribution in [3.63, 3.8) is 0 Å². The van der Waals surface area contributed by atoms with Gasteiger partial charge in [0.05, 0.1) is 12.0 Å². The highest BCUT2D eigenvalue weighted by atomic mass is 32.2. The molecule has 1 N–H and O–H groups in total. The van der Waals surface area contributed by atoms with Gasteiger partial charge in [-0.2, -0.15) is 0 Å². The van der Waals surface area contributed by atoms with Crippen molar-refractivity contribution in [3.05, 3.63) is 71.4 Å². The SMILES string of the molecule is COC(=O)C(=Cc1ccccc1)NS(=O)(=O)c1ccc(C)cc1. The summed E-state index contributed by atoms with van der Waals surface area (Å²) < 4.78 is 31.7. The van der Waals surface area contributed by atoms with Crippen molar-refractivity contribution in [1.82, 2.24) is 4.72 Å². The summed E-state index contributed by atoms with van der Waals surface area (Å²) in [4.78, 5) is 11.9. The van der Waals surface area contributed by atoms with Gasteiger partial charge < -0.3 is 4.74 Å². The zero-order valence-corrected chi connectivity index (χ0v) is 13.6. The van der Waals surface area contributed by atoms with E-state index >= 15 is 0 Å². The zero-order chi connectivity index (χ0) is 16.9. The summed E-state index contributed by atoms with van der Waals surface area (Å²) in [5.41, 5.74) is 1.47. The minimum absolute atomic E-state index is 0.0750. The number of nitrogens with one attached hydrogen (secondary N) is 1. The van der Waals surface area contributed by atoms with E-state index in [2.05, 4.69) is 9.46 Å². The first-order valence-electron chi connectivity index (χ1n) is 6.87. The van der Waals surface area contributed by atoms with E-state index in [4.69, 9.17) is 0 Å². The van der Waals surface area contributed by atoms with Gasteiger partial charge in [-0.15, -0.1) is 0 Å². The number of esters is 1. The first-order chi connectivity index (χ1) is 10.9. The third kappa shape index (κ3) is 4.43. The predicted molar refractivity (Wildman–Crippen MR) is 87.9 cm³/mol. The molecule has 0 aromatic heterocycles. The lowest BCUT2D eigenvalue weighted by Crippen LogP contribution is -2.28. The number of benzene rings is 2. The van der Waals surface area contributed by atoms with E-state index in [9.17, 15) is 13.2 Å². The summed E-state index contributed by atoms with van der Waals surface area (Å²) in [6, 6.07) is 15.2. The minimum atomic E-state index is -3.87. The molecule has 2 rings (SSSR count). The number of carbonyl (C=O) groups excluding carboxylic acids is 1. The Balaban J connectivity index is 2.36. The first kappa shape index (κ1) is 16.8. The fraction of sp³-hybridized carbons (Fsp3) is 0.118. The van der Waals surface area contributed by atoms with Crippen LogP contribution in [-0.4, -0.2) is 21.5 Å². The Bertz CT molecular complexity index is 809. The Kier molecular flexibility index (Phi) is 5.18. The number of hydrogen-bond acceptors (Lipinski definition) is 4. The van der Waals surface area contributed by atoms with Gasteiger partial charge in [-0.1, -0.05) is 48.0 Å². The van der Waals surface area contributed by atoms with E-state index in [1.54, 1.807) is 36.4 Å². The highest BCUT2D eigenvalue weighted by Gasteiger charge is 2.20. The lowest BCUT2D eigenvalue weighted by Gasteiger charge is -2.10. The normalized spacial score (nSPS) is 11.8. The molecule has 120 valence electrons. The Morgan fingerprint density at radius 3 is 2.22 bits per heavy atom. The van der Waals surface area contributed by atoms with E-state index in [-0.39, 0.29) is 10.6 Å². The Morgan fingerprint density at radius 2 is 1.65 bits per heavy atom. The quantitative estimate of drug-likeness (QED) is 0.675. The first-order valence-corrected chi connectivity index (χ1v) is 8.35. The molecule has 0 heterocycles. The van der Waals surface area contributed by atoms with Crippen LogP contribution in [0.15, 0.2) is 65.2 Å². The van der Waals surface area contributed by atoms with Crippen molar-refractivity contribution in [2.75, 3.05) is 7.11 Å². The number of ether oxygens (including phenoxy) is 1. The number of sulfonamides is 1. The van der Waals surface area contributed by atoms with Crippen LogP contribution >= 0.6 is 0 Å². The highest BCUT2D eigenvalue weighted by molar-refractivity contribution is 7.89. The Hall–Kier alpha value is -2.60. The van der Waals surface area contributed by atoms with Gasteiger partial charge in [0.25, 0.3) is 10.0 Å². The molecule has 0 radical (unpaired) electrons. The minimum Gasteiger partial charge on any atom is -0.464 e. The van der Waals surface area contributed by atoms with Crippen LogP contribution in [0.5, 0.6) is 0 Å². The molecule has 0 saturated carbocycles. The number of rotatable bonds is 5. The monoisotopic (exact) mass is 331 g/mol. The number of hydrogen-bond donors (Lipinski definition) is 1. The average molecular weight is 331 g/mol. The zero-order valence-electron chi connectivity index (χ0n) is 12.8. The van der Waals surface area contributed by atoms with Crippen molar-refractivity contribution in [2.45, 2.75) is 11.8 Å². The topological polar surface area (TPSA) is 72.5 Å². The van der Waals surface area contributed by atoms with Crippen LogP contribution in [0.1, 0.15) is 11.1 Å². The molecule has 0 bridgehead atoms. The molecule has 0 saturated heterocycles. The van der Waals surface area contributed by atoms with Crippen LogP contribution < -0.4 is 4.72 Å². The second kappa shape index (κ2) is 7.11. The molecule has 2 aromatic rings. The molecule has 5 nitrogen and oxygen atoms in total. The van der Waals surface area contributed by atoms with Gasteiger partial charge >= 0.3 is 5.97 Å². The number of methoxy groups -OCH3 is 1. The summed E-state index contributed by atoms with van der Waals surface area (Å²) in [5.74, 6) is -0.760. The predicted octanol–water partition coefficient (Wildman–Crippen LogP) is 2.49. The third-order valence-corrected chi connectivity index (χ3v) is 4.47. The summed E-state index contributed by atoms with van der Waals surface area (Å²) in [6.07, 6.45) is 1.43. The average Bonchev–Trinajstić information content (AvgIpc) is 2.54. The largest absolute Gasteiger partial charge is 0.464 e. The van der Waals surface area contributed by atoms with E-state index in [0.717, 1.165) is 5.56 Å². The molecule has 23 heavy (non-hydrogen) atoms. The molecule has 0 aliphatic rings. The van der Waals surface area contributed by atoms with Crippen molar-refractivity contribution in [3.8, 4) is 0 Å². The van der Waals surface area contributed by atoms with E-state index in [1.165, 1.54) is 25.3 Å². The molecule has 0 aliphatic heterocycles. The molecule has 0 spiro atoms. The molecule has 0 fully saturated rings. The van der Waals surface area contributed by atoms with Crippen molar-refractivity contribution in [2.24, 2.45) is 0 Å². The van der Waals surface area contributed by atoms with Crippen LogP contribution in [0.3, 0.4) is 0 Å². The molecule has 0 aliphatic carbocycles. The van der Waals surface area contributed by atoms with Crippen molar-refractivity contribution >= 4 is 22.1 Å². The van der Waals surface area contributed by atoms with Crippen LogP contribution in [0.2, 0.25) is 0 Å². The van der Waals surface area contributed by atoms with Gasteiger partial charge in [-0.25, -0.2) is 13.2 Å². The van der Waals surface area contributed by atoms with Gasteiger partial charge in [0, 0.05) is 0 Å². The number of aryl methyl sites for hydroxylation is 1. The molecule has 6 heteroatoms. The van der Waals surface area contributed by atoms with E-state index < -0.39 is 16.0 Å².